The van der Waals surface area contributed by atoms with Crippen LogP contribution in [-0.2, 0) is 19.0 Å². The summed E-state index contributed by atoms with van der Waals surface area (Å²) in [7, 11) is -3.78. The van der Waals surface area contributed by atoms with Crippen LogP contribution in [0.3, 0.4) is 0 Å². The second-order valence-electron chi connectivity index (χ2n) is 4.32. The molecule has 1 aromatic carbocycles. The Bertz CT molecular complexity index is 494. The van der Waals surface area contributed by atoms with E-state index in [9.17, 15) is 13.5 Å². The van der Waals surface area contributed by atoms with Crippen LogP contribution in [0.1, 0.15) is 12.0 Å². The normalized spacial score (nSPS) is 24.3. The molecule has 1 saturated heterocycles. The maximum atomic E-state index is 11.8. The minimum Gasteiger partial charge on any atom is -0.390 e. The highest BCUT2D eigenvalue weighted by molar-refractivity contribution is 7.86. The molecule has 0 saturated carbocycles. The number of aryl methyl sites for hydroxylation is 1. The third kappa shape index (κ3) is 3.08. The zero-order valence-corrected chi connectivity index (χ0v) is 10.9. The smallest absolute Gasteiger partial charge is 0.297 e. The molecule has 1 aliphatic rings. The molecule has 5 nitrogen and oxygen atoms in total. The molecule has 0 amide bonds. The standard InChI is InChI=1S/C12H16O5S/c1-9-2-4-10(5-3-9)18(14,15)17-8-12-11(13)6-7-16-12/h2-5,11-13H,6-8H2,1H3. The average molecular weight is 272 g/mol. The van der Waals surface area contributed by atoms with Gasteiger partial charge in [-0.25, -0.2) is 0 Å². The van der Waals surface area contributed by atoms with Gasteiger partial charge in [0.2, 0.25) is 0 Å². The van der Waals surface area contributed by atoms with Gasteiger partial charge >= 0.3 is 0 Å². The van der Waals surface area contributed by atoms with Gasteiger partial charge in [0.25, 0.3) is 10.1 Å². The number of hydrogen-bond acceptors (Lipinski definition) is 5. The lowest BCUT2D eigenvalue weighted by molar-refractivity contribution is 0.0126. The minimum absolute atomic E-state index is 0.112. The number of ether oxygens (including phenoxy) is 1. The Labute approximate surface area is 106 Å². The monoisotopic (exact) mass is 272 g/mol. The van der Waals surface area contributed by atoms with Crippen LogP contribution in [0.25, 0.3) is 0 Å². The largest absolute Gasteiger partial charge is 0.390 e. The topological polar surface area (TPSA) is 72.8 Å². The highest BCUT2D eigenvalue weighted by Crippen LogP contribution is 2.17. The number of hydrogen-bond donors (Lipinski definition) is 1. The summed E-state index contributed by atoms with van der Waals surface area (Å²) in [5.74, 6) is 0. The lowest BCUT2D eigenvalue weighted by Gasteiger charge is -2.13. The van der Waals surface area contributed by atoms with E-state index in [4.69, 9.17) is 8.92 Å². The van der Waals surface area contributed by atoms with E-state index in [1.807, 2.05) is 6.92 Å². The van der Waals surface area contributed by atoms with Crippen LogP contribution in [0.15, 0.2) is 29.2 Å². The first kappa shape index (κ1) is 13.5. The van der Waals surface area contributed by atoms with E-state index in [0.717, 1.165) is 5.56 Å². The summed E-state index contributed by atoms with van der Waals surface area (Å²) in [5.41, 5.74) is 0.975. The maximum absolute atomic E-state index is 11.8. The van der Waals surface area contributed by atoms with Crippen LogP contribution in [0.2, 0.25) is 0 Å². The lowest BCUT2D eigenvalue weighted by Crippen LogP contribution is -2.27. The number of aliphatic hydroxyl groups is 1. The maximum Gasteiger partial charge on any atom is 0.297 e. The van der Waals surface area contributed by atoms with Gasteiger partial charge in [0.05, 0.1) is 17.6 Å². The van der Waals surface area contributed by atoms with Crippen molar-refractivity contribution >= 4 is 10.1 Å². The summed E-state index contributed by atoms with van der Waals surface area (Å²) in [6.45, 7) is 2.15. The minimum atomic E-state index is -3.78. The SMILES string of the molecule is Cc1ccc(S(=O)(=O)OCC2OCCC2O)cc1. The third-order valence-electron chi connectivity index (χ3n) is 2.87. The summed E-state index contributed by atoms with van der Waals surface area (Å²) < 4.78 is 33.8. The van der Waals surface area contributed by atoms with Crippen molar-refractivity contribution in [1.29, 1.82) is 0 Å². The summed E-state index contributed by atoms with van der Waals surface area (Å²) in [4.78, 5) is 0.112. The van der Waals surface area contributed by atoms with Gasteiger partial charge in [-0.1, -0.05) is 17.7 Å². The molecule has 18 heavy (non-hydrogen) atoms. The van der Waals surface area contributed by atoms with Gasteiger partial charge < -0.3 is 9.84 Å². The zero-order valence-electron chi connectivity index (χ0n) is 10.1. The molecular weight excluding hydrogens is 256 g/mol. The Kier molecular flexibility index (Phi) is 4.01. The molecule has 1 heterocycles. The van der Waals surface area contributed by atoms with Gasteiger partial charge in [-0.05, 0) is 25.5 Å². The van der Waals surface area contributed by atoms with Crippen molar-refractivity contribution in [1.82, 2.24) is 0 Å². The van der Waals surface area contributed by atoms with E-state index in [2.05, 4.69) is 0 Å². The molecule has 2 rings (SSSR count). The van der Waals surface area contributed by atoms with Crippen molar-refractivity contribution < 1.29 is 22.4 Å². The van der Waals surface area contributed by atoms with Gasteiger partial charge in [0, 0.05) is 6.61 Å². The molecule has 2 unspecified atom stereocenters. The third-order valence-corrected chi connectivity index (χ3v) is 4.17. The van der Waals surface area contributed by atoms with E-state index in [1.54, 1.807) is 12.1 Å². The summed E-state index contributed by atoms with van der Waals surface area (Å²) in [5, 5.41) is 9.49. The van der Waals surface area contributed by atoms with Crippen molar-refractivity contribution in [3.8, 4) is 0 Å². The Balaban J connectivity index is 2.01. The summed E-state index contributed by atoms with van der Waals surface area (Å²) >= 11 is 0. The molecule has 1 aliphatic heterocycles. The molecule has 0 aromatic heterocycles. The van der Waals surface area contributed by atoms with Crippen molar-refractivity contribution in [2.45, 2.75) is 30.4 Å². The van der Waals surface area contributed by atoms with E-state index >= 15 is 0 Å². The molecule has 1 fully saturated rings. The lowest BCUT2D eigenvalue weighted by atomic mass is 10.2. The van der Waals surface area contributed by atoms with Crippen LogP contribution in [0, 0.1) is 6.92 Å². The Morgan fingerprint density at radius 1 is 1.39 bits per heavy atom. The van der Waals surface area contributed by atoms with Crippen molar-refractivity contribution in [2.24, 2.45) is 0 Å². The molecule has 0 bridgehead atoms. The quantitative estimate of drug-likeness (QED) is 0.823. The van der Waals surface area contributed by atoms with Crippen LogP contribution < -0.4 is 0 Å². The highest BCUT2D eigenvalue weighted by atomic mass is 32.2. The molecular formula is C12H16O5S. The van der Waals surface area contributed by atoms with Crippen LogP contribution >= 0.6 is 0 Å². The Morgan fingerprint density at radius 3 is 2.61 bits per heavy atom. The molecule has 2 atom stereocenters. The first-order chi connectivity index (χ1) is 8.49. The molecule has 0 aliphatic carbocycles. The number of rotatable bonds is 4. The van der Waals surface area contributed by atoms with Gasteiger partial charge in [0.1, 0.15) is 6.10 Å². The Hall–Kier alpha value is -0.950. The predicted octanol–water partition coefficient (Wildman–Crippen LogP) is 0.850. The molecule has 6 heteroatoms. The Morgan fingerprint density at radius 2 is 2.06 bits per heavy atom. The second kappa shape index (κ2) is 5.36. The van der Waals surface area contributed by atoms with E-state index in [0.29, 0.717) is 13.0 Å². The van der Waals surface area contributed by atoms with E-state index < -0.39 is 22.3 Å². The average Bonchev–Trinajstić information content (AvgIpc) is 2.73. The number of benzene rings is 1. The molecule has 1 N–H and O–H groups in total. The van der Waals surface area contributed by atoms with Crippen molar-refractivity contribution in [3.63, 3.8) is 0 Å². The summed E-state index contributed by atoms with van der Waals surface area (Å²) in [6.07, 6.45) is -0.707. The fourth-order valence-corrected chi connectivity index (χ4v) is 2.64. The van der Waals surface area contributed by atoms with Gasteiger partial charge in [-0.15, -0.1) is 0 Å². The fraction of sp³-hybridized carbons (Fsp3) is 0.500. The molecule has 0 radical (unpaired) electrons. The second-order valence-corrected chi connectivity index (χ2v) is 5.93. The van der Waals surface area contributed by atoms with Gasteiger partial charge in [-0.2, -0.15) is 8.42 Å². The summed E-state index contributed by atoms with van der Waals surface area (Å²) in [6, 6.07) is 6.40. The van der Waals surface area contributed by atoms with Crippen molar-refractivity contribution in [3.05, 3.63) is 29.8 Å². The van der Waals surface area contributed by atoms with Crippen LogP contribution in [-0.4, -0.2) is 38.9 Å². The fourth-order valence-electron chi connectivity index (χ4n) is 1.73. The molecule has 100 valence electrons. The first-order valence-corrected chi connectivity index (χ1v) is 7.15. The van der Waals surface area contributed by atoms with E-state index in [-0.39, 0.29) is 11.5 Å². The first-order valence-electron chi connectivity index (χ1n) is 5.75. The predicted molar refractivity (Wildman–Crippen MR) is 64.7 cm³/mol. The van der Waals surface area contributed by atoms with Gasteiger partial charge in [-0.3, -0.25) is 4.18 Å². The zero-order chi connectivity index (χ0) is 13.2. The van der Waals surface area contributed by atoms with Crippen molar-refractivity contribution in [2.75, 3.05) is 13.2 Å². The van der Waals surface area contributed by atoms with Crippen LogP contribution in [0.5, 0.6) is 0 Å². The highest BCUT2D eigenvalue weighted by Gasteiger charge is 2.28. The number of aliphatic hydroxyl groups excluding tert-OH is 1. The molecule has 0 spiro atoms. The van der Waals surface area contributed by atoms with E-state index in [1.165, 1.54) is 12.1 Å². The van der Waals surface area contributed by atoms with Gasteiger partial charge in [0.15, 0.2) is 0 Å². The molecule has 1 aromatic rings. The van der Waals surface area contributed by atoms with Crippen LogP contribution in [0.4, 0.5) is 0 Å².